The van der Waals surface area contributed by atoms with E-state index in [9.17, 15) is 43.2 Å². The predicted octanol–water partition coefficient (Wildman–Crippen LogP) is 20.0. The largest absolute Gasteiger partial charge is 0.472 e. The van der Waals surface area contributed by atoms with E-state index in [0.29, 0.717) is 25.7 Å². The van der Waals surface area contributed by atoms with Crippen molar-refractivity contribution in [2.75, 3.05) is 39.6 Å². The van der Waals surface area contributed by atoms with Gasteiger partial charge in [-0.3, -0.25) is 37.3 Å². The lowest BCUT2D eigenvalue weighted by Crippen LogP contribution is -2.30. The molecule has 528 valence electrons. The number of hydrogen-bond donors (Lipinski definition) is 3. The average molecular weight is 1310 g/mol. The number of hydrogen-bond acceptors (Lipinski definition) is 15. The van der Waals surface area contributed by atoms with Crippen molar-refractivity contribution in [2.45, 2.75) is 374 Å². The first kappa shape index (κ1) is 87.1. The van der Waals surface area contributed by atoms with Gasteiger partial charge in [-0.25, -0.2) is 9.13 Å². The number of aliphatic hydroxyl groups excluding tert-OH is 1. The van der Waals surface area contributed by atoms with Gasteiger partial charge in [-0.15, -0.1) is 0 Å². The zero-order valence-corrected chi connectivity index (χ0v) is 59.5. The number of rotatable bonds is 69. The monoisotopic (exact) mass is 1310 g/mol. The Morgan fingerprint density at radius 1 is 0.303 bits per heavy atom. The summed E-state index contributed by atoms with van der Waals surface area (Å²) >= 11 is 0. The van der Waals surface area contributed by atoms with Crippen molar-refractivity contribution in [1.82, 2.24) is 0 Å². The Morgan fingerprint density at radius 3 is 0.764 bits per heavy atom. The lowest BCUT2D eigenvalue weighted by atomic mass is 10.0. The molecule has 0 aliphatic rings. The molecule has 0 aliphatic heterocycles. The van der Waals surface area contributed by atoms with Crippen LogP contribution < -0.4 is 0 Å². The van der Waals surface area contributed by atoms with Crippen LogP contribution >= 0.6 is 15.6 Å². The summed E-state index contributed by atoms with van der Waals surface area (Å²) in [6, 6.07) is 0. The van der Waals surface area contributed by atoms with E-state index < -0.39 is 97.5 Å². The summed E-state index contributed by atoms with van der Waals surface area (Å²) in [5, 5.41) is 10.6. The number of carbonyl (C=O) groups is 4. The minimum atomic E-state index is -4.95. The summed E-state index contributed by atoms with van der Waals surface area (Å²) < 4.78 is 68.2. The molecule has 0 aromatic heterocycles. The maximum Gasteiger partial charge on any atom is 0.472 e. The first-order valence-electron chi connectivity index (χ1n) is 36.5. The second kappa shape index (κ2) is 62.2. The van der Waals surface area contributed by atoms with E-state index >= 15 is 0 Å². The summed E-state index contributed by atoms with van der Waals surface area (Å²) in [4.78, 5) is 72.4. The van der Waals surface area contributed by atoms with Gasteiger partial charge in [0.15, 0.2) is 12.2 Å². The van der Waals surface area contributed by atoms with Crippen LogP contribution in [0.15, 0.2) is 0 Å². The van der Waals surface area contributed by atoms with Crippen molar-refractivity contribution in [3.8, 4) is 0 Å². The van der Waals surface area contributed by atoms with Crippen LogP contribution in [-0.2, 0) is 65.4 Å². The second-order valence-corrected chi connectivity index (χ2v) is 29.1. The molecule has 0 amide bonds. The number of phosphoric ester groups is 2. The van der Waals surface area contributed by atoms with Gasteiger partial charge >= 0.3 is 39.5 Å². The van der Waals surface area contributed by atoms with Crippen LogP contribution in [0.25, 0.3) is 0 Å². The third kappa shape index (κ3) is 64.6. The Labute approximate surface area is 543 Å². The van der Waals surface area contributed by atoms with Crippen LogP contribution in [0.5, 0.6) is 0 Å². The molecule has 3 N–H and O–H groups in total. The van der Waals surface area contributed by atoms with E-state index in [4.69, 9.17) is 37.0 Å². The van der Waals surface area contributed by atoms with Gasteiger partial charge in [0.05, 0.1) is 26.4 Å². The number of esters is 4. The van der Waals surface area contributed by atoms with Crippen molar-refractivity contribution >= 4 is 39.5 Å². The van der Waals surface area contributed by atoms with Crippen molar-refractivity contribution < 1.29 is 80.2 Å². The zero-order valence-electron chi connectivity index (χ0n) is 57.7. The van der Waals surface area contributed by atoms with Crippen molar-refractivity contribution in [3.05, 3.63) is 0 Å². The number of ether oxygens (including phenoxy) is 4. The van der Waals surface area contributed by atoms with Gasteiger partial charge in [-0.1, -0.05) is 305 Å². The van der Waals surface area contributed by atoms with E-state index in [2.05, 4.69) is 41.5 Å². The molecule has 0 fully saturated rings. The Balaban J connectivity index is 5.22. The second-order valence-electron chi connectivity index (χ2n) is 26.2. The Bertz CT molecular complexity index is 1730. The first-order valence-corrected chi connectivity index (χ1v) is 39.5. The van der Waals surface area contributed by atoms with E-state index in [-0.39, 0.29) is 25.7 Å². The highest BCUT2D eigenvalue weighted by molar-refractivity contribution is 7.47. The Morgan fingerprint density at radius 2 is 0.517 bits per heavy atom. The fourth-order valence-electron chi connectivity index (χ4n) is 10.6. The molecule has 0 heterocycles. The maximum atomic E-state index is 13.0. The predicted molar refractivity (Wildman–Crippen MR) is 358 cm³/mol. The molecule has 17 nitrogen and oxygen atoms in total. The molecule has 19 heteroatoms. The fourth-order valence-corrected chi connectivity index (χ4v) is 12.2. The third-order valence-corrected chi connectivity index (χ3v) is 18.1. The number of phosphoric acid groups is 2. The highest BCUT2D eigenvalue weighted by Crippen LogP contribution is 2.45. The minimum Gasteiger partial charge on any atom is -0.462 e. The van der Waals surface area contributed by atoms with Crippen molar-refractivity contribution in [1.29, 1.82) is 0 Å². The van der Waals surface area contributed by atoms with Crippen molar-refractivity contribution in [2.24, 2.45) is 11.8 Å². The molecule has 0 aliphatic carbocycles. The Kier molecular flexibility index (Phi) is 60.8. The molecule has 5 atom stereocenters. The van der Waals surface area contributed by atoms with Gasteiger partial charge in [-0.05, 0) is 37.5 Å². The highest BCUT2D eigenvalue weighted by Gasteiger charge is 2.30. The molecule has 0 bridgehead atoms. The van der Waals surface area contributed by atoms with Gasteiger partial charge in [-0.2, -0.15) is 0 Å². The van der Waals surface area contributed by atoms with Crippen LogP contribution in [0.2, 0.25) is 0 Å². The third-order valence-electron chi connectivity index (χ3n) is 16.2. The SMILES string of the molecule is CCCCCCCCCCCCCCCC(=O)OC[C@H](COP(=O)(O)OC[C@@H](O)COP(=O)(O)OC[C@@H](COC(=O)CCCCCCCCCC)OC(=O)CCCCCCCCCCC(C)C)OC(=O)CCCCCCCCCCCCCCCCC(C)C. The summed E-state index contributed by atoms with van der Waals surface area (Å²) in [5.41, 5.74) is 0. The summed E-state index contributed by atoms with van der Waals surface area (Å²) in [6.07, 6.45) is 47.2. The van der Waals surface area contributed by atoms with Crippen LogP contribution in [0.3, 0.4) is 0 Å². The molecular formula is C70H136O17P2. The summed E-state index contributed by atoms with van der Waals surface area (Å²) in [5.74, 6) is -0.613. The number of carbonyl (C=O) groups excluding carboxylic acids is 4. The zero-order chi connectivity index (χ0) is 65.7. The average Bonchev–Trinajstić information content (AvgIpc) is 3.71. The van der Waals surface area contributed by atoms with Gasteiger partial charge < -0.3 is 33.8 Å². The van der Waals surface area contributed by atoms with Gasteiger partial charge in [0.25, 0.3) is 0 Å². The molecule has 0 radical (unpaired) electrons. The number of aliphatic hydroxyl groups is 1. The normalized spacial score (nSPS) is 14.1. The lowest BCUT2D eigenvalue weighted by Gasteiger charge is -2.21. The number of unbranched alkanes of at least 4 members (excludes halogenated alkanes) is 39. The lowest BCUT2D eigenvalue weighted by molar-refractivity contribution is -0.161. The maximum absolute atomic E-state index is 13.0. The molecule has 2 unspecified atom stereocenters. The molecule has 0 saturated heterocycles. The van der Waals surface area contributed by atoms with E-state index in [1.54, 1.807) is 0 Å². The topological polar surface area (TPSA) is 237 Å². The molecule has 0 saturated carbocycles. The van der Waals surface area contributed by atoms with E-state index in [1.165, 1.54) is 167 Å². The smallest absolute Gasteiger partial charge is 0.462 e. The standard InChI is InChI=1S/C70H136O17P2/c1-7-9-11-13-15-17-18-21-25-28-35-41-47-53-68(73)81-59-66(86-69(74)54-48-42-36-29-26-23-20-19-22-24-27-32-38-44-50-62(3)4)61-85-89(78,79)83-57-64(71)56-82-88(76,77)84-60-65(58-80-67(72)52-46-40-34-16-14-12-10-8-2)87-70(75)55-49-43-37-31-30-33-39-45-51-63(5)6/h62-66,71H,7-61H2,1-6H3,(H,76,77)(H,78,79)/t64-,65+,66+/m0/s1. The Hall–Kier alpha value is -1.94. The molecule has 0 aromatic carbocycles. The van der Waals surface area contributed by atoms with E-state index in [0.717, 1.165) is 108 Å². The highest BCUT2D eigenvalue weighted by atomic mass is 31.2. The van der Waals surface area contributed by atoms with Crippen LogP contribution in [-0.4, -0.2) is 96.7 Å². The summed E-state index contributed by atoms with van der Waals surface area (Å²) in [7, 11) is -9.90. The molecule has 0 rings (SSSR count). The molecule has 0 spiro atoms. The van der Waals surface area contributed by atoms with Crippen LogP contribution in [0.4, 0.5) is 0 Å². The minimum absolute atomic E-state index is 0.104. The van der Waals surface area contributed by atoms with Gasteiger partial charge in [0, 0.05) is 25.7 Å². The molecule has 89 heavy (non-hydrogen) atoms. The first-order chi connectivity index (χ1) is 42.9. The van der Waals surface area contributed by atoms with Crippen LogP contribution in [0.1, 0.15) is 356 Å². The van der Waals surface area contributed by atoms with Crippen molar-refractivity contribution in [3.63, 3.8) is 0 Å². The van der Waals surface area contributed by atoms with E-state index in [1.807, 2.05) is 0 Å². The molecular weight excluding hydrogens is 1170 g/mol. The molecule has 0 aromatic rings. The van der Waals surface area contributed by atoms with Gasteiger partial charge in [0.1, 0.15) is 19.3 Å². The van der Waals surface area contributed by atoms with Gasteiger partial charge in [0.2, 0.25) is 0 Å². The van der Waals surface area contributed by atoms with Crippen LogP contribution in [0, 0.1) is 11.8 Å². The quantitative estimate of drug-likeness (QED) is 0.0222. The fraction of sp³-hybridized carbons (Fsp3) is 0.943. The summed E-state index contributed by atoms with van der Waals surface area (Å²) in [6.45, 7) is 9.51.